The van der Waals surface area contributed by atoms with Crippen LogP contribution in [0.25, 0.3) is 0 Å². The molecule has 2 unspecified atom stereocenters. The van der Waals surface area contributed by atoms with Crippen molar-refractivity contribution < 1.29 is 24.5 Å². The van der Waals surface area contributed by atoms with Crippen molar-refractivity contribution in [3.63, 3.8) is 0 Å². The number of carbonyl (C=O) groups is 2. The minimum Gasteiger partial charge on any atom is -0.466 e. The lowest BCUT2D eigenvalue weighted by Crippen LogP contribution is -2.45. The quantitative estimate of drug-likeness (QED) is 0.0320. The molecule has 0 aliphatic heterocycles. The van der Waals surface area contributed by atoms with Crippen LogP contribution in [0.15, 0.2) is 36.5 Å². The van der Waals surface area contributed by atoms with Gasteiger partial charge >= 0.3 is 5.97 Å². The Morgan fingerprint density at radius 3 is 1.03 bits per heavy atom. The smallest absolute Gasteiger partial charge is 0.305 e. The van der Waals surface area contributed by atoms with Gasteiger partial charge in [-0.2, -0.15) is 0 Å². The Labute approximate surface area is 474 Å². The summed E-state index contributed by atoms with van der Waals surface area (Å²) in [6.45, 7) is 4.90. The van der Waals surface area contributed by atoms with Crippen LogP contribution in [0.1, 0.15) is 373 Å². The van der Waals surface area contributed by atoms with Crippen molar-refractivity contribution in [2.75, 3.05) is 13.2 Å². The van der Waals surface area contributed by atoms with Gasteiger partial charge in [0.25, 0.3) is 0 Å². The Hall–Kier alpha value is -1.92. The molecule has 2 atom stereocenters. The van der Waals surface area contributed by atoms with Crippen molar-refractivity contribution >= 4 is 11.9 Å². The van der Waals surface area contributed by atoms with Crippen molar-refractivity contribution in [3.8, 4) is 0 Å². The van der Waals surface area contributed by atoms with E-state index >= 15 is 0 Å². The second-order valence-corrected chi connectivity index (χ2v) is 23.5. The van der Waals surface area contributed by atoms with E-state index in [1.54, 1.807) is 6.08 Å². The molecule has 0 saturated heterocycles. The Morgan fingerprint density at radius 1 is 0.368 bits per heavy atom. The number of allylic oxidation sites excluding steroid dienone is 5. The van der Waals surface area contributed by atoms with E-state index in [0.29, 0.717) is 19.4 Å². The number of aliphatic hydroxyl groups is 2. The van der Waals surface area contributed by atoms with Crippen molar-refractivity contribution in [2.24, 2.45) is 0 Å². The number of unbranched alkanes of at least 4 members (excludes halogenated alkanes) is 49. The van der Waals surface area contributed by atoms with E-state index in [9.17, 15) is 19.8 Å². The topological polar surface area (TPSA) is 95.9 Å². The van der Waals surface area contributed by atoms with Gasteiger partial charge in [-0.15, -0.1) is 0 Å². The third-order valence-corrected chi connectivity index (χ3v) is 15.9. The van der Waals surface area contributed by atoms with Crippen LogP contribution in [0.3, 0.4) is 0 Å². The minimum absolute atomic E-state index is 0.0116. The van der Waals surface area contributed by atoms with Gasteiger partial charge in [-0.25, -0.2) is 0 Å². The van der Waals surface area contributed by atoms with Gasteiger partial charge in [0.2, 0.25) is 5.91 Å². The summed E-state index contributed by atoms with van der Waals surface area (Å²) in [5.74, 6) is -0.0518. The summed E-state index contributed by atoms with van der Waals surface area (Å²) in [5, 5.41) is 23.1. The maximum absolute atomic E-state index is 12.5. The van der Waals surface area contributed by atoms with Gasteiger partial charge in [0.05, 0.1) is 25.4 Å². The fraction of sp³-hybridized carbons (Fsp3) is 0.886. The monoisotopic (exact) mass is 1070 g/mol. The third kappa shape index (κ3) is 61.3. The fourth-order valence-corrected chi connectivity index (χ4v) is 10.7. The van der Waals surface area contributed by atoms with Crippen LogP contribution in [0.5, 0.6) is 0 Å². The first-order valence-electron chi connectivity index (χ1n) is 34.3. The number of esters is 1. The van der Waals surface area contributed by atoms with Crippen molar-refractivity contribution in [1.29, 1.82) is 0 Å². The lowest BCUT2D eigenvalue weighted by atomic mass is 10.0. The van der Waals surface area contributed by atoms with Crippen LogP contribution in [0.2, 0.25) is 0 Å². The Morgan fingerprint density at radius 2 is 0.658 bits per heavy atom. The van der Waals surface area contributed by atoms with Gasteiger partial charge in [0, 0.05) is 12.8 Å². The highest BCUT2D eigenvalue weighted by atomic mass is 16.5. The molecule has 6 heteroatoms. The number of nitrogens with one attached hydrogen (secondary N) is 1. The number of hydrogen-bond donors (Lipinski definition) is 3. The van der Waals surface area contributed by atoms with Gasteiger partial charge in [0.1, 0.15) is 0 Å². The van der Waals surface area contributed by atoms with Gasteiger partial charge in [-0.3, -0.25) is 9.59 Å². The molecule has 3 N–H and O–H groups in total. The molecule has 0 heterocycles. The zero-order chi connectivity index (χ0) is 55.0. The molecule has 0 radical (unpaired) electrons. The summed E-state index contributed by atoms with van der Waals surface area (Å²) in [5.41, 5.74) is 0. The number of hydrogen-bond acceptors (Lipinski definition) is 5. The summed E-state index contributed by atoms with van der Waals surface area (Å²) in [6, 6.07) is -0.624. The molecule has 0 aromatic heterocycles. The van der Waals surface area contributed by atoms with E-state index < -0.39 is 12.1 Å². The first-order valence-corrected chi connectivity index (χ1v) is 34.3. The second kappa shape index (κ2) is 65.6. The second-order valence-electron chi connectivity index (χ2n) is 23.5. The van der Waals surface area contributed by atoms with Crippen molar-refractivity contribution in [3.05, 3.63) is 36.5 Å². The van der Waals surface area contributed by atoms with E-state index in [1.165, 1.54) is 295 Å². The van der Waals surface area contributed by atoms with E-state index in [4.69, 9.17) is 4.74 Å². The minimum atomic E-state index is -0.841. The Balaban J connectivity index is 3.34. The van der Waals surface area contributed by atoms with Crippen LogP contribution >= 0.6 is 0 Å². The summed E-state index contributed by atoms with van der Waals surface area (Å²) in [4.78, 5) is 24.6. The Kier molecular flexibility index (Phi) is 63.9. The molecule has 0 aromatic rings. The van der Waals surface area contributed by atoms with Crippen LogP contribution in [0, 0.1) is 0 Å². The van der Waals surface area contributed by atoms with Crippen molar-refractivity contribution in [1.82, 2.24) is 5.32 Å². The maximum atomic E-state index is 12.5. The summed E-state index contributed by atoms with van der Waals surface area (Å²) < 4.78 is 5.50. The first-order chi connectivity index (χ1) is 37.5. The molecule has 0 aliphatic rings. The van der Waals surface area contributed by atoms with E-state index in [2.05, 4.69) is 43.5 Å². The predicted molar refractivity (Wildman–Crippen MR) is 333 cm³/mol. The highest BCUT2D eigenvalue weighted by Crippen LogP contribution is 2.18. The molecule has 0 rings (SSSR count). The fourth-order valence-electron chi connectivity index (χ4n) is 10.7. The molecule has 0 spiro atoms. The molecule has 0 aliphatic carbocycles. The number of ether oxygens (including phenoxy) is 1. The Bertz CT molecular complexity index is 1230. The summed E-state index contributed by atoms with van der Waals surface area (Å²) in [7, 11) is 0. The molecule has 6 nitrogen and oxygen atoms in total. The summed E-state index contributed by atoms with van der Waals surface area (Å²) >= 11 is 0. The molecule has 76 heavy (non-hydrogen) atoms. The molecular formula is C70H133NO5. The predicted octanol–water partition coefficient (Wildman–Crippen LogP) is 21.9. The number of aliphatic hydroxyl groups excluding tert-OH is 2. The average Bonchev–Trinajstić information content (AvgIpc) is 3.42. The molecule has 0 fully saturated rings. The maximum Gasteiger partial charge on any atom is 0.305 e. The molecule has 0 saturated carbocycles. The van der Waals surface area contributed by atoms with Gasteiger partial charge in [-0.05, 0) is 64.2 Å². The summed E-state index contributed by atoms with van der Waals surface area (Å²) in [6.07, 6.45) is 83.6. The zero-order valence-corrected chi connectivity index (χ0v) is 51.3. The zero-order valence-electron chi connectivity index (χ0n) is 51.3. The van der Waals surface area contributed by atoms with Crippen LogP contribution in [-0.4, -0.2) is 47.4 Å². The van der Waals surface area contributed by atoms with E-state index in [-0.39, 0.29) is 18.5 Å². The number of carbonyl (C=O) groups excluding carboxylic acids is 2. The lowest BCUT2D eigenvalue weighted by Gasteiger charge is -2.20. The molecule has 1 amide bonds. The van der Waals surface area contributed by atoms with Crippen LogP contribution < -0.4 is 5.32 Å². The molecular weight excluding hydrogens is 935 g/mol. The van der Waals surface area contributed by atoms with Crippen molar-refractivity contribution in [2.45, 2.75) is 386 Å². The average molecular weight is 1070 g/mol. The van der Waals surface area contributed by atoms with Gasteiger partial charge in [-0.1, -0.05) is 333 Å². The first kappa shape index (κ1) is 74.1. The van der Waals surface area contributed by atoms with Gasteiger partial charge < -0.3 is 20.3 Å². The normalized spacial score (nSPS) is 12.7. The molecule has 0 bridgehead atoms. The highest BCUT2D eigenvalue weighted by molar-refractivity contribution is 5.76. The van der Waals surface area contributed by atoms with E-state index in [1.807, 2.05) is 6.08 Å². The lowest BCUT2D eigenvalue weighted by molar-refractivity contribution is -0.143. The van der Waals surface area contributed by atoms with Crippen LogP contribution in [-0.2, 0) is 14.3 Å². The SMILES string of the molecule is CCCCC/C=C\C/C=C\CCCCCCCCCC(=O)OCCCCCCCCCCCCCCCCCCCCCCCCCCCCCCCC(=O)NC(CO)C(O)/C=C/CCCCCCCCCCCCC. The standard InChI is InChI=1S/C70H133NO5/c1-3-5-7-9-11-13-15-17-18-32-36-40-44-48-52-56-60-64-70(75)76-65-61-57-53-49-45-41-37-34-31-29-27-25-23-21-19-20-22-24-26-28-30-33-35-39-43-47-51-55-59-63-69(74)71-67(66-72)68(73)62-58-54-50-46-42-38-16-14-12-10-8-6-4-2/h11,13,17-18,58,62,67-68,72-73H,3-10,12,14-16,19-57,59-61,63-66H2,1-2H3,(H,71,74)/b13-11-,18-17-,62-58+. The highest BCUT2D eigenvalue weighted by Gasteiger charge is 2.18. The van der Waals surface area contributed by atoms with Gasteiger partial charge in [0.15, 0.2) is 0 Å². The molecule has 0 aromatic carbocycles. The largest absolute Gasteiger partial charge is 0.466 e. The number of rotatable bonds is 64. The molecule has 448 valence electrons. The van der Waals surface area contributed by atoms with Crippen LogP contribution in [0.4, 0.5) is 0 Å². The number of amides is 1. The van der Waals surface area contributed by atoms with E-state index in [0.717, 1.165) is 51.4 Å². The third-order valence-electron chi connectivity index (χ3n) is 15.9.